The van der Waals surface area contributed by atoms with Gasteiger partial charge >= 0.3 is 0 Å². The van der Waals surface area contributed by atoms with Gasteiger partial charge in [-0.1, -0.05) is 133 Å². The van der Waals surface area contributed by atoms with Crippen LogP contribution in [0.15, 0.2) is 206 Å². The smallest absolute Gasteiger partial charge is 0.208 e. The molecular formula is C60H46B2N2O8. The van der Waals surface area contributed by atoms with Crippen LogP contribution in [0, 0.1) is 0 Å². The van der Waals surface area contributed by atoms with E-state index in [0.29, 0.717) is 16.6 Å². The van der Waals surface area contributed by atoms with Gasteiger partial charge in [-0.3, -0.25) is 0 Å². The van der Waals surface area contributed by atoms with E-state index in [1.807, 2.05) is 84.9 Å². The highest BCUT2D eigenvalue weighted by atomic mass is 16.4. The van der Waals surface area contributed by atoms with Gasteiger partial charge < -0.3 is 50.7 Å². The summed E-state index contributed by atoms with van der Waals surface area (Å²) in [4.78, 5) is 4.21. The summed E-state index contributed by atoms with van der Waals surface area (Å²) in [6, 6.07) is 67.8. The van der Waals surface area contributed by atoms with Crippen molar-refractivity contribution in [2.45, 2.75) is 0 Å². The molecule has 0 fully saturated rings. The van der Waals surface area contributed by atoms with Crippen molar-refractivity contribution in [2.24, 2.45) is 0 Å². The Morgan fingerprint density at radius 1 is 0.208 bits per heavy atom. The summed E-state index contributed by atoms with van der Waals surface area (Å²) in [6.45, 7) is 0. The molecule has 0 saturated carbocycles. The third kappa shape index (κ3) is 8.47. The number of nitrogens with zero attached hydrogens (tertiary/aromatic N) is 2. The van der Waals surface area contributed by atoms with Crippen molar-refractivity contribution < 1.29 is 40.9 Å². The van der Waals surface area contributed by atoms with Crippen molar-refractivity contribution in [2.75, 3.05) is 9.80 Å². The minimum Gasteiger partial charge on any atom is -0.509 e. The number of rotatable bonds is 11. The fourth-order valence-corrected chi connectivity index (χ4v) is 9.22. The van der Waals surface area contributed by atoms with Crippen molar-refractivity contribution in [1.29, 1.82) is 0 Å². The van der Waals surface area contributed by atoms with E-state index < -0.39 is 28.7 Å². The Kier molecular flexibility index (Phi) is 12.2. The first kappa shape index (κ1) is 46.1. The normalized spacial score (nSPS) is 11.1. The van der Waals surface area contributed by atoms with Crippen molar-refractivity contribution in [1.82, 2.24) is 0 Å². The third-order valence-corrected chi connectivity index (χ3v) is 13.2. The average Bonchev–Trinajstić information content (AvgIpc) is 3.43. The second kappa shape index (κ2) is 19.0. The minimum atomic E-state index is -1.02. The predicted octanol–water partition coefficient (Wildman–Crippen LogP) is 11.1. The van der Waals surface area contributed by atoms with Gasteiger partial charge in [-0.25, -0.2) is 0 Å². The number of anilines is 6. The number of phenolic OH excluding ortho intramolecular Hbond substituents is 8. The Bertz CT molecular complexity index is 3280. The monoisotopic (exact) mass is 944 g/mol. The Morgan fingerprint density at radius 2 is 0.444 bits per heavy atom. The molecule has 0 bridgehead atoms. The van der Waals surface area contributed by atoms with Crippen molar-refractivity contribution in [3.05, 3.63) is 206 Å². The summed E-state index contributed by atoms with van der Waals surface area (Å²) >= 11 is 0. The van der Waals surface area contributed by atoms with Gasteiger partial charge in [-0.05, 0) is 128 Å². The quantitative estimate of drug-likeness (QED) is 0.0355. The topological polar surface area (TPSA) is 168 Å². The zero-order valence-corrected chi connectivity index (χ0v) is 39.1. The van der Waals surface area contributed by atoms with Crippen LogP contribution in [0.25, 0.3) is 55.6 Å². The first-order valence-electron chi connectivity index (χ1n) is 23.1. The maximum atomic E-state index is 11.0. The second-order valence-electron chi connectivity index (χ2n) is 17.5. The highest BCUT2D eigenvalue weighted by Crippen LogP contribution is 2.55. The zero-order valence-electron chi connectivity index (χ0n) is 39.1. The maximum absolute atomic E-state index is 11.0. The Morgan fingerprint density at radius 3 is 0.750 bits per heavy atom. The van der Waals surface area contributed by atoms with Crippen LogP contribution in [0.3, 0.4) is 0 Å². The van der Waals surface area contributed by atoms with Crippen molar-refractivity contribution >= 4 is 60.7 Å². The van der Waals surface area contributed by atoms with Gasteiger partial charge in [0.25, 0.3) is 0 Å². The lowest BCUT2D eigenvalue weighted by Gasteiger charge is -2.27. The summed E-state index contributed by atoms with van der Waals surface area (Å²) in [7, 11) is 3.27. The first-order valence-corrected chi connectivity index (χ1v) is 23.1. The van der Waals surface area contributed by atoms with E-state index in [4.69, 9.17) is 0 Å². The predicted molar refractivity (Wildman–Crippen MR) is 293 cm³/mol. The highest BCUT2D eigenvalue weighted by molar-refractivity contribution is 6.45. The second-order valence-corrected chi connectivity index (χ2v) is 17.5. The Hall–Kier alpha value is -9.67. The van der Waals surface area contributed by atoms with Crippen LogP contribution in [-0.2, 0) is 0 Å². The van der Waals surface area contributed by atoms with E-state index >= 15 is 0 Å². The summed E-state index contributed by atoms with van der Waals surface area (Å²) in [5.74, 6) is -5.16. The van der Waals surface area contributed by atoms with Gasteiger partial charge in [0.2, 0.25) is 17.2 Å². The van der Waals surface area contributed by atoms with Crippen LogP contribution in [0.1, 0.15) is 0 Å². The van der Waals surface area contributed by atoms with Crippen molar-refractivity contribution in [3.8, 4) is 102 Å². The minimum absolute atomic E-state index is 0.0701. The molecule has 0 amide bonds. The number of hydrogen-bond acceptors (Lipinski definition) is 10. The van der Waals surface area contributed by atoms with Crippen LogP contribution < -0.4 is 20.7 Å². The summed E-state index contributed by atoms with van der Waals surface area (Å²) in [5, 5.41) is 84.1. The van der Waals surface area contributed by atoms with E-state index in [0.717, 1.165) is 67.5 Å². The van der Waals surface area contributed by atoms with Gasteiger partial charge in [-0.15, -0.1) is 0 Å². The van der Waals surface area contributed by atoms with Gasteiger partial charge in [-0.2, -0.15) is 0 Å². The molecule has 350 valence electrons. The summed E-state index contributed by atoms with van der Waals surface area (Å²) in [6.07, 6.45) is 0. The average molecular weight is 945 g/mol. The largest absolute Gasteiger partial charge is 0.509 e. The van der Waals surface area contributed by atoms with Gasteiger partial charge in [0.15, 0.2) is 23.0 Å². The maximum Gasteiger partial charge on any atom is 0.208 e. The molecule has 0 spiro atoms. The van der Waals surface area contributed by atoms with Crippen LogP contribution in [0.2, 0.25) is 0 Å². The molecule has 0 aromatic heterocycles. The molecule has 0 heterocycles. The number of aromatic hydroxyl groups is 8. The summed E-state index contributed by atoms with van der Waals surface area (Å²) < 4.78 is 0. The van der Waals surface area contributed by atoms with E-state index in [2.05, 4.69) is 107 Å². The van der Waals surface area contributed by atoms with E-state index in [1.165, 1.54) is 0 Å². The number of hydrogen-bond donors (Lipinski definition) is 8. The molecule has 0 aliphatic rings. The molecule has 0 aliphatic heterocycles. The van der Waals surface area contributed by atoms with Crippen LogP contribution in [-0.4, -0.2) is 56.5 Å². The molecule has 10 nitrogen and oxygen atoms in total. The molecule has 0 atom stereocenters. The molecular weight excluding hydrogens is 898 g/mol. The van der Waals surface area contributed by atoms with Gasteiger partial charge in [0, 0.05) is 39.7 Å². The molecule has 0 unspecified atom stereocenters. The van der Waals surface area contributed by atoms with E-state index in [-0.39, 0.29) is 33.8 Å². The van der Waals surface area contributed by atoms with Gasteiger partial charge in [0.1, 0.15) is 21.4 Å². The van der Waals surface area contributed by atoms with Crippen molar-refractivity contribution in [3.63, 3.8) is 0 Å². The fourth-order valence-electron chi connectivity index (χ4n) is 9.22. The molecule has 72 heavy (non-hydrogen) atoms. The molecule has 0 saturated heterocycles. The molecule has 0 radical (unpaired) electrons. The lowest BCUT2D eigenvalue weighted by molar-refractivity contribution is 0.330. The van der Waals surface area contributed by atoms with E-state index in [1.54, 1.807) is 40.0 Å². The molecule has 10 aromatic carbocycles. The van der Waals surface area contributed by atoms with Gasteiger partial charge in [0.05, 0.1) is 5.56 Å². The lowest BCUT2D eigenvalue weighted by atomic mass is 9.79. The van der Waals surface area contributed by atoms with Crippen LogP contribution in [0.4, 0.5) is 34.1 Å². The Labute approximate surface area is 417 Å². The molecule has 10 aromatic rings. The Balaban J connectivity index is 0.986. The standard InChI is InChI=1S/C60H46B2N2O8/c61-51-49(53(65)57(69)52(62)56(51)68)41-19-31-47(32-20-41)63(43-23-11-37(12-24-43)35-7-3-1-4-8-35)45-27-15-39(16-28-45)40-17-29-46(30-18-40)64(44-25-13-38(14-26-44)36-9-5-2-6-10-36)48-33-21-42(22-34-48)50-54(66)58(70)60(72)59(71)55(50)67/h1-34,65-72H,61-62H2. The molecule has 0 aliphatic carbocycles. The fraction of sp³-hybridized carbons (Fsp3) is 0. The van der Waals surface area contributed by atoms with E-state index in [9.17, 15) is 40.9 Å². The number of phenols is 8. The molecule has 12 heteroatoms. The zero-order chi connectivity index (χ0) is 50.2. The highest BCUT2D eigenvalue weighted by Gasteiger charge is 2.25. The molecule has 10 rings (SSSR count). The number of benzene rings is 10. The SMILES string of the molecule is Bc1c(O)c(B)c(-c2ccc(N(c3ccc(-c4ccccc4)cc3)c3ccc(-c4ccc(N(c5ccc(-c6ccccc6)cc5)c5ccc(-c6c(O)c(O)c(O)c(O)c6O)cc5)cc4)cc3)cc2)c(O)c1O. The van der Waals surface area contributed by atoms with Crippen LogP contribution in [0.5, 0.6) is 46.0 Å². The molecule has 8 N–H and O–H groups in total. The van der Waals surface area contributed by atoms with Crippen LogP contribution >= 0.6 is 0 Å². The third-order valence-electron chi connectivity index (χ3n) is 13.2. The first-order chi connectivity index (χ1) is 34.9. The lowest BCUT2D eigenvalue weighted by Crippen LogP contribution is -2.18. The summed E-state index contributed by atoms with van der Waals surface area (Å²) in [5.41, 5.74) is 13.1.